The number of rotatable bonds is 4. The molecule has 5 rings (SSSR count). The normalized spacial score (nSPS) is 51.1. The van der Waals surface area contributed by atoms with E-state index in [-0.39, 0.29) is 0 Å². The number of fused-ring (bicyclic) bond motifs is 2. The van der Waals surface area contributed by atoms with Crippen molar-refractivity contribution in [2.45, 2.75) is 106 Å². The van der Waals surface area contributed by atoms with Crippen LogP contribution in [-0.4, -0.2) is 11.6 Å². The monoisotopic (exact) mass is 424 g/mol. The Kier molecular flexibility index (Phi) is 4.80. The summed E-state index contributed by atoms with van der Waals surface area (Å²) < 4.78 is 0. The minimum atomic E-state index is 0.299. The highest BCUT2D eigenvalue weighted by atomic mass is 16.1. The highest BCUT2D eigenvalue weighted by Crippen LogP contribution is 2.88. The largest absolute Gasteiger partial charge is 0.299 e. The van der Waals surface area contributed by atoms with Crippen LogP contribution < -0.4 is 0 Å². The highest BCUT2D eigenvalue weighted by molar-refractivity contribution is 5.90. The van der Waals surface area contributed by atoms with E-state index in [1.165, 1.54) is 51.4 Å². The molecule has 0 heterocycles. The molecule has 0 amide bonds. The van der Waals surface area contributed by atoms with Gasteiger partial charge in [0, 0.05) is 18.8 Å². The summed E-state index contributed by atoms with van der Waals surface area (Å²) in [7, 11) is 0. The lowest BCUT2D eigenvalue weighted by Gasteiger charge is -2.61. The zero-order valence-corrected chi connectivity index (χ0v) is 20.9. The quantitative estimate of drug-likeness (QED) is 0.448. The van der Waals surface area contributed by atoms with E-state index in [2.05, 4.69) is 27.7 Å². The molecule has 2 heteroatoms. The molecular formula is C29H44O2. The Labute approximate surface area is 190 Å². The van der Waals surface area contributed by atoms with Gasteiger partial charge in [-0.1, -0.05) is 33.3 Å². The first-order chi connectivity index (χ1) is 14.5. The predicted molar refractivity (Wildman–Crippen MR) is 125 cm³/mol. The van der Waals surface area contributed by atoms with Gasteiger partial charge in [-0.2, -0.15) is 0 Å². The van der Waals surface area contributed by atoms with Gasteiger partial charge < -0.3 is 0 Å². The van der Waals surface area contributed by atoms with Gasteiger partial charge in [-0.25, -0.2) is 0 Å². The summed E-state index contributed by atoms with van der Waals surface area (Å²) in [5.41, 5.74) is 2.92. The number of ketones is 2. The van der Waals surface area contributed by atoms with Gasteiger partial charge >= 0.3 is 0 Å². The maximum Gasteiger partial charge on any atom is 0.155 e. The second-order valence-corrected chi connectivity index (χ2v) is 13.3. The first-order valence-electron chi connectivity index (χ1n) is 13.2. The van der Waals surface area contributed by atoms with E-state index >= 15 is 0 Å². The maximum atomic E-state index is 12.6. The third kappa shape index (κ3) is 2.69. The molecule has 0 saturated heterocycles. The van der Waals surface area contributed by atoms with Gasteiger partial charge in [-0.15, -0.1) is 0 Å². The Morgan fingerprint density at radius 3 is 2.48 bits per heavy atom. The Morgan fingerprint density at radius 1 is 1.03 bits per heavy atom. The lowest BCUT2D eigenvalue weighted by Crippen LogP contribution is -2.55. The van der Waals surface area contributed by atoms with Crippen molar-refractivity contribution in [3.8, 4) is 0 Å². The number of carbonyl (C=O) groups excluding carboxylic acids is 2. The minimum Gasteiger partial charge on any atom is -0.299 e. The first kappa shape index (κ1) is 21.9. The van der Waals surface area contributed by atoms with Crippen LogP contribution in [0.2, 0.25) is 0 Å². The third-order valence-electron chi connectivity index (χ3n) is 12.2. The van der Waals surface area contributed by atoms with Gasteiger partial charge in [0.2, 0.25) is 0 Å². The van der Waals surface area contributed by atoms with E-state index in [9.17, 15) is 9.59 Å². The minimum absolute atomic E-state index is 0.299. The number of carbonyl (C=O) groups is 2. The average Bonchev–Trinajstić information content (AvgIpc) is 3.27. The van der Waals surface area contributed by atoms with Crippen molar-refractivity contribution in [2.24, 2.45) is 51.2 Å². The summed E-state index contributed by atoms with van der Waals surface area (Å²) in [5.74, 6) is 3.80. The molecule has 0 radical (unpaired) electrons. The predicted octanol–water partition coefficient (Wildman–Crippen LogP) is 7.17. The van der Waals surface area contributed by atoms with Crippen LogP contribution in [0.1, 0.15) is 106 Å². The lowest BCUT2D eigenvalue weighted by molar-refractivity contribution is -0.146. The molecule has 0 aliphatic heterocycles. The summed E-state index contributed by atoms with van der Waals surface area (Å²) in [4.78, 5) is 25.1. The molecule has 0 bridgehead atoms. The maximum absolute atomic E-state index is 12.6. The molecule has 5 aliphatic rings. The molecule has 0 N–H and O–H groups in total. The molecule has 0 aromatic carbocycles. The summed E-state index contributed by atoms with van der Waals surface area (Å²) in [6, 6.07) is 0. The van der Waals surface area contributed by atoms with E-state index in [0.717, 1.165) is 17.9 Å². The standard InChI is InChI=1S/C29H44O2/c1-18(2)15-21(30)16-19(3)22-9-11-27(6)25-8-7-23-20(4)24(31)10-12-28(23)17-29(25,28)14-13-26(22,27)5/h15,19-20,22-23,25H,7-14,16-17H2,1-6H3/t19-,20-,22-,23-,25+,26-,27+,28-,29+/m1/s1. The molecule has 0 unspecified atom stereocenters. The SMILES string of the molecule is CC(C)=CC(=O)C[C@@H](C)[C@H]1CC[C@@]2(C)[C@@H]3CC[C@@H]4[C@@H](C)C(=O)CC[C@@]45C[C@@]35CC[C@]12C. The van der Waals surface area contributed by atoms with Gasteiger partial charge in [0.25, 0.3) is 0 Å². The van der Waals surface area contributed by atoms with Crippen LogP contribution in [0.5, 0.6) is 0 Å². The molecule has 2 nitrogen and oxygen atoms in total. The molecule has 5 saturated carbocycles. The van der Waals surface area contributed by atoms with E-state index in [1.54, 1.807) is 0 Å². The van der Waals surface area contributed by atoms with Crippen LogP contribution in [0.3, 0.4) is 0 Å². The van der Waals surface area contributed by atoms with Crippen molar-refractivity contribution in [1.82, 2.24) is 0 Å². The number of Topliss-reactive ketones (excluding diaryl/α,β-unsaturated/α-hetero) is 1. The van der Waals surface area contributed by atoms with Crippen LogP contribution in [0, 0.1) is 51.2 Å². The van der Waals surface area contributed by atoms with Crippen molar-refractivity contribution >= 4 is 11.6 Å². The lowest BCUT2D eigenvalue weighted by atomic mass is 9.43. The summed E-state index contributed by atoms with van der Waals surface area (Å²) in [5, 5.41) is 0. The van der Waals surface area contributed by atoms with Crippen LogP contribution in [0.25, 0.3) is 0 Å². The topological polar surface area (TPSA) is 34.1 Å². The van der Waals surface area contributed by atoms with Gasteiger partial charge in [-0.05, 0) is 117 Å². The fraction of sp³-hybridized carbons (Fsp3) is 0.862. The van der Waals surface area contributed by atoms with Gasteiger partial charge in [0.1, 0.15) is 5.78 Å². The molecule has 172 valence electrons. The second kappa shape index (κ2) is 6.80. The molecule has 5 aliphatic carbocycles. The van der Waals surface area contributed by atoms with Gasteiger partial charge in [0.15, 0.2) is 5.78 Å². The molecule has 9 atom stereocenters. The van der Waals surface area contributed by atoms with Gasteiger partial charge in [0.05, 0.1) is 0 Å². The van der Waals surface area contributed by atoms with E-state index in [0.29, 0.717) is 63.3 Å². The molecule has 2 spiro atoms. The van der Waals surface area contributed by atoms with Crippen LogP contribution in [0.4, 0.5) is 0 Å². The highest BCUT2D eigenvalue weighted by Gasteiger charge is 2.81. The van der Waals surface area contributed by atoms with Gasteiger partial charge in [-0.3, -0.25) is 9.59 Å². The number of hydrogen-bond donors (Lipinski definition) is 0. The second-order valence-electron chi connectivity index (χ2n) is 13.3. The fourth-order valence-electron chi connectivity index (χ4n) is 10.6. The Morgan fingerprint density at radius 2 is 1.77 bits per heavy atom. The molecule has 0 aromatic rings. The Bertz CT molecular complexity index is 836. The average molecular weight is 425 g/mol. The van der Waals surface area contributed by atoms with Crippen molar-refractivity contribution in [2.75, 3.05) is 0 Å². The van der Waals surface area contributed by atoms with Crippen molar-refractivity contribution in [3.05, 3.63) is 11.6 Å². The molecule has 31 heavy (non-hydrogen) atoms. The smallest absolute Gasteiger partial charge is 0.155 e. The molecular weight excluding hydrogens is 380 g/mol. The van der Waals surface area contributed by atoms with Crippen molar-refractivity contribution in [3.63, 3.8) is 0 Å². The van der Waals surface area contributed by atoms with Crippen LogP contribution >= 0.6 is 0 Å². The number of hydrogen-bond acceptors (Lipinski definition) is 2. The Balaban J connectivity index is 1.41. The number of allylic oxidation sites excluding steroid dienone is 2. The first-order valence-corrected chi connectivity index (χ1v) is 13.2. The fourth-order valence-corrected chi connectivity index (χ4v) is 10.6. The summed E-state index contributed by atoms with van der Waals surface area (Å²) in [6.07, 6.45) is 14.0. The van der Waals surface area contributed by atoms with Crippen LogP contribution in [-0.2, 0) is 9.59 Å². The molecule has 0 aromatic heterocycles. The summed E-state index contributed by atoms with van der Waals surface area (Å²) >= 11 is 0. The third-order valence-corrected chi connectivity index (χ3v) is 12.2. The summed E-state index contributed by atoms with van der Waals surface area (Å²) in [6.45, 7) is 13.9. The van der Waals surface area contributed by atoms with E-state index in [4.69, 9.17) is 0 Å². The zero-order chi connectivity index (χ0) is 22.4. The van der Waals surface area contributed by atoms with Crippen LogP contribution in [0.15, 0.2) is 11.6 Å². The molecule has 5 fully saturated rings. The van der Waals surface area contributed by atoms with E-state index in [1.807, 2.05) is 19.9 Å². The van der Waals surface area contributed by atoms with Crippen molar-refractivity contribution < 1.29 is 9.59 Å². The Hall–Kier alpha value is -0.920. The van der Waals surface area contributed by atoms with E-state index < -0.39 is 0 Å². The zero-order valence-electron chi connectivity index (χ0n) is 20.9. The van der Waals surface area contributed by atoms with Crippen molar-refractivity contribution in [1.29, 1.82) is 0 Å².